The molecule has 0 aromatic carbocycles. The summed E-state index contributed by atoms with van der Waals surface area (Å²) in [5, 5.41) is 7.60. The van der Waals surface area contributed by atoms with Crippen molar-refractivity contribution in [1.82, 2.24) is 0 Å². The molecule has 0 aromatic heterocycles. The number of carbonyl (C=O) groups excluding carboxylic acids is 1. The lowest BCUT2D eigenvalue weighted by molar-refractivity contribution is -0.145. The zero-order chi connectivity index (χ0) is 13.3. The first-order valence-corrected chi connectivity index (χ1v) is 5.69. The standard InChI is InChI=1S/C10H16O2.C3H4O2/c1-8(2)10(11)12-9-6-4-3-5-7-9;1-2-3(4)5/h9H,1,3-7H2,2H3;2H,1H2,(H,4,5). The molecule has 0 unspecified atom stereocenters. The van der Waals surface area contributed by atoms with Crippen LogP contribution in [-0.4, -0.2) is 23.1 Å². The zero-order valence-corrected chi connectivity index (χ0v) is 10.3. The monoisotopic (exact) mass is 240 g/mol. The Kier molecular flexibility index (Phi) is 7.76. The topological polar surface area (TPSA) is 63.6 Å². The van der Waals surface area contributed by atoms with Gasteiger partial charge in [0.05, 0.1) is 0 Å². The third kappa shape index (κ3) is 8.25. The van der Waals surface area contributed by atoms with Crippen molar-refractivity contribution in [2.24, 2.45) is 0 Å². The molecule has 0 saturated heterocycles. The molecule has 0 spiro atoms. The van der Waals surface area contributed by atoms with Gasteiger partial charge in [0.15, 0.2) is 0 Å². The Morgan fingerprint density at radius 3 is 2.12 bits per heavy atom. The van der Waals surface area contributed by atoms with Crippen LogP contribution in [-0.2, 0) is 14.3 Å². The van der Waals surface area contributed by atoms with E-state index in [0.29, 0.717) is 5.57 Å². The van der Waals surface area contributed by atoms with Crippen LogP contribution in [0.2, 0.25) is 0 Å². The third-order valence-corrected chi connectivity index (χ3v) is 2.35. The van der Waals surface area contributed by atoms with Gasteiger partial charge in [-0.2, -0.15) is 0 Å². The van der Waals surface area contributed by atoms with Crippen LogP contribution < -0.4 is 0 Å². The number of carboxylic acid groups (broad SMARTS) is 1. The summed E-state index contributed by atoms with van der Waals surface area (Å²) in [6.45, 7) is 8.19. The quantitative estimate of drug-likeness (QED) is 0.608. The Morgan fingerprint density at radius 1 is 1.29 bits per heavy atom. The van der Waals surface area contributed by atoms with Crippen molar-refractivity contribution in [1.29, 1.82) is 0 Å². The highest BCUT2D eigenvalue weighted by Gasteiger charge is 2.17. The normalized spacial score (nSPS) is 15.1. The Morgan fingerprint density at radius 2 is 1.76 bits per heavy atom. The molecular weight excluding hydrogens is 220 g/mol. The number of esters is 1. The smallest absolute Gasteiger partial charge is 0.333 e. The summed E-state index contributed by atoms with van der Waals surface area (Å²) in [4.78, 5) is 20.3. The van der Waals surface area contributed by atoms with Crippen LogP contribution in [0.25, 0.3) is 0 Å². The number of hydrogen-bond acceptors (Lipinski definition) is 3. The fourth-order valence-electron chi connectivity index (χ4n) is 1.43. The summed E-state index contributed by atoms with van der Waals surface area (Å²) in [5.74, 6) is -1.22. The molecule has 1 rings (SSSR count). The average molecular weight is 240 g/mol. The molecule has 4 heteroatoms. The van der Waals surface area contributed by atoms with E-state index in [9.17, 15) is 9.59 Å². The van der Waals surface area contributed by atoms with Crippen LogP contribution in [0.3, 0.4) is 0 Å². The predicted octanol–water partition coefficient (Wildman–Crippen LogP) is 2.70. The fraction of sp³-hybridized carbons (Fsp3) is 0.538. The molecule has 0 amide bonds. The van der Waals surface area contributed by atoms with Crippen LogP contribution in [0.5, 0.6) is 0 Å². The lowest BCUT2D eigenvalue weighted by Gasteiger charge is -2.21. The lowest BCUT2D eigenvalue weighted by Crippen LogP contribution is -2.20. The maximum atomic E-state index is 11.1. The number of carboxylic acids is 1. The van der Waals surface area contributed by atoms with Crippen LogP contribution >= 0.6 is 0 Å². The maximum Gasteiger partial charge on any atom is 0.333 e. The van der Waals surface area contributed by atoms with E-state index in [-0.39, 0.29) is 12.1 Å². The molecule has 0 radical (unpaired) electrons. The summed E-state index contributed by atoms with van der Waals surface area (Å²) >= 11 is 0. The molecule has 1 aliphatic rings. The minimum absolute atomic E-state index is 0.156. The van der Waals surface area contributed by atoms with Gasteiger partial charge in [0.2, 0.25) is 0 Å². The molecule has 0 heterocycles. The van der Waals surface area contributed by atoms with E-state index < -0.39 is 5.97 Å². The predicted molar refractivity (Wildman–Crippen MR) is 65.6 cm³/mol. The van der Waals surface area contributed by atoms with E-state index in [1.54, 1.807) is 6.92 Å². The van der Waals surface area contributed by atoms with Gasteiger partial charge in [-0.05, 0) is 32.6 Å². The van der Waals surface area contributed by atoms with Crippen LogP contribution in [0.1, 0.15) is 39.0 Å². The van der Waals surface area contributed by atoms with E-state index >= 15 is 0 Å². The lowest BCUT2D eigenvalue weighted by atomic mass is 9.98. The van der Waals surface area contributed by atoms with E-state index in [1.807, 2.05) is 0 Å². The van der Waals surface area contributed by atoms with Gasteiger partial charge in [-0.3, -0.25) is 0 Å². The molecule has 1 saturated carbocycles. The first-order valence-electron chi connectivity index (χ1n) is 5.69. The Bertz CT molecular complexity index is 288. The van der Waals surface area contributed by atoms with Crippen molar-refractivity contribution in [3.05, 3.63) is 24.8 Å². The summed E-state index contributed by atoms with van der Waals surface area (Å²) < 4.78 is 5.21. The van der Waals surface area contributed by atoms with E-state index in [2.05, 4.69) is 13.2 Å². The number of carbonyl (C=O) groups is 2. The average Bonchev–Trinajstić information content (AvgIpc) is 2.31. The second kappa shape index (κ2) is 8.56. The zero-order valence-electron chi connectivity index (χ0n) is 10.3. The Hall–Kier alpha value is -1.58. The SMILES string of the molecule is C=C(C)C(=O)OC1CCCCC1.C=CC(=O)O. The van der Waals surface area contributed by atoms with Crippen molar-refractivity contribution >= 4 is 11.9 Å². The largest absolute Gasteiger partial charge is 0.478 e. The van der Waals surface area contributed by atoms with Gasteiger partial charge in [-0.25, -0.2) is 9.59 Å². The summed E-state index contributed by atoms with van der Waals surface area (Å²) in [6.07, 6.45) is 6.70. The molecule has 1 aliphatic carbocycles. The molecule has 0 atom stereocenters. The van der Waals surface area contributed by atoms with Crippen molar-refractivity contribution in [2.75, 3.05) is 0 Å². The Balaban J connectivity index is 0.000000437. The van der Waals surface area contributed by atoms with Crippen molar-refractivity contribution in [3.8, 4) is 0 Å². The number of ether oxygens (including phenoxy) is 1. The molecule has 1 N–H and O–H groups in total. The molecule has 17 heavy (non-hydrogen) atoms. The van der Waals surface area contributed by atoms with Crippen LogP contribution in [0, 0.1) is 0 Å². The summed E-state index contributed by atoms with van der Waals surface area (Å²) in [6, 6.07) is 0. The molecule has 0 bridgehead atoms. The van der Waals surface area contributed by atoms with Crippen molar-refractivity contribution in [3.63, 3.8) is 0 Å². The first-order chi connectivity index (χ1) is 7.97. The highest BCUT2D eigenvalue weighted by molar-refractivity contribution is 5.87. The van der Waals surface area contributed by atoms with Gasteiger partial charge in [-0.1, -0.05) is 19.6 Å². The van der Waals surface area contributed by atoms with Gasteiger partial charge in [-0.15, -0.1) is 0 Å². The molecular formula is C13H20O4. The van der Waals surface area contributed by atoms with Gasteiger partial charge in [0.25, 0.3) is 0 Å². The highest BCUT2D eigenvalue weighted by atomic mass is 16.5. The first kappa shape index (κ1) is 15.4. The molecule has 1 fully saturated rings. The Labute approximate surface area is 102 Å². The summed E-state index contributed by atoms with van der Waals surface area (Å²) in [7, 11) is 0. The second-order valence-corrected chi connectivity index (χ2v) is 3.99. The van der Waals surface area contributed by atoms with E-state index in [1.165, 1.54) is 19.3 Å². The molecule has 0 aromatic rings. The van der Waals surface area contributed by atoms with Crippen molar-refractivity contribution in [2.45, 2.75) is 45.1 Å². The fourth-order valence-corrected chi connectivity index (χ4v) is 1.43. The molecule has 96 valence electrons. The van der Waals surface area contributed by atoms with Crippen LogP contribution in [0.4, 0.5) is 0 Å². The van der Waals surface area contributed by atoms with E-state index in [4.69, 9.17) is 9.84 Å². The second-order valence-electron chi connectivity index (χ2n) is 3.99. The van der Waals surface area contributed by atoms with Gasteiger partial charge in [0, 0.05) is 11.6 Å². The highest BCUT2D eigenvalue weighted by Crippen LogP contribution is 2.20. The van der Waals surface area contributed by atoms with Crippen molar-refractivity contribution < 1.29 is 19.4 Å². The maximum absolute atomic E-state index is 11.1. The molecule has 0 aliphatic heterocycles. The minimum Gasteiger partial charge on any atom is -0.478 e. The van der Waals surface area contributed by atoms with Crippen LogP contribution in [0.15, 0.2) is 24.8 Å². The summed E-state index contributed by atoms with van der Waals surface area (Å²) in [5.41, 5.74) is 0.501. The van der Waals surface area contributed by atoms with E-state index in [0.717, 1.165) is 18.9 Å². The van der Waals surface area contributed by atoms with Gasteiger partial charge >= 0.3 is 11.9 Å². The third-order valence-electron chi connectivity index (χ3n) is 2.35. The molecule has 4 nitrogen and oxygen atoms in total. The van der Waals surface area contributed by atoms with Gasteiger partial charge in [0.1, 0.15) is 6.10 Å². The minimum atomic E-state index is -0.981. The van der Waals surface area contributed by atoms with Gasteiger partial charge < -0.3 is 9.84 Å². The number of aliphatic carboxylic acids is 1. The number of rotatable bonds is 3. The number of hydrogen-bond donors (Lipinski definition) is 1.